The van der Waals surface area contributed by atoms with Crippen molar-refractivity contribution in [3.63, 3.8) is 0 Å². The number of rotatable bonds is 10. The number of unbranched alkanes of at least 4 members (excludes halogenated alkanes) is 2. The molecule has 0 bridgehead atoms. The first-order valence-corrected chi connectivity index (χ1v) is 6.11. The number of alkyl halides is 2. The van der Waals surface area contributed by atoms with E-state index in [2.05, 4.69) is 5.32 Å². The molecule has 0 saturated carbocycles. The van der Waals surface area contributed by atoms with Crippen LogP contribution in [0.25, 0.3) is 0 Å². The Morgan fingerprint density at radius 1 is 1.21 bits per heavy atom. The lowest BCUT2D eigenvalue weighted by atomic mass is 10.2. The maximum atomic E-state index is 12.2. The van der Waals surface area contributed by atoms with Crippen LogP contribution in [0.4, 0.5) is 13.6 Å². The Balaban J connectivity index is 3.77. The number of carboxylic acid groups (broad SMARTS) is 1. The number of urea groups is 1. The Morgan fingerprint density at radius 2 is 1.89 bits per heavy atom. The van der Waals surface area contributed by atoms with Crippen molar-refractivity contribution in [3.05, 3.63) is 0 Å². The van der Waals surface area contributed by atoms with Gasteiger partial charge in [-0.25, -0.2) is 13.6 Å². The monoisotopic (exact) mass is 282 g/mol. The second kappa shape index (κ2) is 10.5. The summed E-state index contributed by atoms with van der Waals surface area (Å²) in [7, 11) is 0. The molecule has 0 aromatic rings. The highest BCUT2D eigenvalue weighted by molar-refractivity contribution is 5.74. The van der Waals surface area contributed by atoms with Crippen LogP contribution < -0.4 is 5.32 Å². The van der Waals surface area contributed by atoms with Gasteiger partial charge in [-0.05, 0) is 12.8 Å². The van der Waals surface area contributed by atoms with Crippen molar-refractivity contribution in [1.29, 1.82) is 0 Å². The van der Waals surface area contributed by atoms with Crippen LogP contribution in [-0.2, 0) is 4.79 Å². The van der Waals surface area contributed by atoms with Gasteiger partial charge < -0.3 is 20.4 Å². The number of carbonyl (C=O) groups is 2. The molecule has 3 N–H and O–H groups in total. The van der Waals surface area contributed by atoms with Crippen molar-refractivity contribution in [2.45, 2.75) is 32.1 Å². The fraction of sp³-hybridized carbons (Fsp3) is 0.818. The van der Waals surface area contributed by atoms with Gasteiger partial charge in [0.05, 0.1) is 13.2 Å². The van der Waals surface area contributed by atoms with E-state index in [-0.39, 0.29) is 19.6 Å². The van der Waals surface area contributed by atoms with Crippen molar-refractivity contribution in [2.24, 2.45) is 0 Å². The summed E-state index contributed by atoms with van der Waals surface area (Å²) in [4.78, 5) is 22.6. The number of carboxylic acids is 1. The predicted octanol–water partition coefficient (Wildman–Crippen LogP) is 0.900. The van der Waals surface area contributed by atoms with Gasteiger partial charge in [-0.2, -0.15) is 0 Å². The number of aliphatic hydroxyl groups excluding tert-OH is 1. The van der Waals surface area contributed by atoms with Gasteiger partial charge in [0.1, 0.15) is 0 Å². The van der Waals surface area contributed by atoms with Gasteiger partial charge in [-0.15, -0.1) is 0 Å². The van der Waals surface area contributed by atoms with Crippen LogP contribution in [0.5, 0.6) is 0 Å². The third-order valence-electron chi connectivity index (χ3n) is 2.36. The van der Waals surface area contributed by atoms with Gasteiger partial charge in [0.2, 0.25) is 0 Å². The number of hydrogen-bond acceptors (Lipinski definition) is 3. The summed E-state index contributed by atoms with van der Waals surface area (Å²) in [6.07, 6.45) is -0.825. The van der Waals surface area contributed by atoms with E-state index in [1.165, 1.54) is 0 Å². The highest BCUT2D eigenvalue weighted by atomic mass is 19.3. The van der Waals surface area contributed by atoms with Crippen molar-refractivity contribution >= 4 is 12.0 Å². The zero-order valence-electron chi connectivity index (χ0n) is 10.6. The third-order valence-corrected chi connectivity index (χ3v) is 2.36. The summed E-state index contributed by atoms with van der Waals surface area (Å²) in [6.45, 7) is -0.942. The molecule has 0 saturated heterocycles. The maximum Gasteiger partial charge on any atom is 0.317 e. The minimum Gasteiger partial charge on any atom is -0.481 e. The van der Waals surface area contributed by atoms with Crippen LogP contribution in [0.15, 0.2) is 0 Å². The van der Waals surface area contributed by atoms with Crippen LogP contribution in [0.2, 0.25) is 0 Å². The number of amides is 2. The highest BCUT2D eigenvalue weighted by Crippen LogP contribution is 2.01. The van der Waals surface area contributed by atoms with Crippen molar-refractivity contribution in [2.75, 3.05) is 26.2 Å². The zero-order chi connectivity index (χ0) is 14.7. The van der Waals surface area contributed by atoms with E-state index in [1.807, 2.05) is 0 Å². The molecule has 0 aliphatic heterocycles. The Hall–Kier alpha value is -1.44. The van der Waals surface area contributed by atoms with Gasteiger partial charge >= 0.3 is 12.0 Å². The third kappa shape index (κ3) is 10.2. The van der Waals surface area contributed by atoms with Crippen molar-refractivity contribution in [3.8, 4) is 0 Å². The molecule has 0 aliphatic rings. The number of hydrogen-bond donors (Lipinski definition) is 3. The minimum atomic E-state index is -2.65. The summed E-state index contributed by atoms with van der Waals surface area (Å²) in [5.74, 6) is -0.866. The molecule has 0 atom stereocenters. The number of aliphatic carboxylic acids is 1. The molecule has 0 spiro atoms. The number of aliphatic hydroxyl groups is 1. The molecule has 0 aliphatic carbocycles. The first-order chi connectivity index (χ1) is 8.97. The molecule has 112 valence electrons. The molecular formula is C11H20F2N2O4. The normalized spacial score (nSPS) is 10.5. The molecule has 0 aromatic carbocycles. The summed E-state index contributed by atoms with van der Waals surface area (Å²) in [5, 5.41) is 19.5. The van der Waals surface area contributed by atoms with E-state index in [1.54, 1.807) is 0 Å². The number of carbonyl (C=O) groups excluding carboxylic acids is 1. The molecule has 0 unspecified atom stereocenters. The molecule has 0 rings (SSSR count). The van der Waals surface area contributed by atoms with Gasteiger partial charge in [0.25, 0.3) is 6.43 Å². The van der Waals surface area contributed by atoms with E-state index in [0.29, 0.717) is 25.8 Å². The largest absolute Gasteiger partial charge is 0.481 e. The van der Waals surface area contributed by atoms with Gasteiger partial charge in [0.15, 0.2) is 0 Å². The van der Waals surface area contributed by atoms with E-state index < -0.39 is 25.0 Å². The van der Waals surface area contributed by atoms with Crippen molar-refractivity contribution in [1.82, 2.24) is 10.2 Å². The molecule has 2 amide bonds. The maximum absolute atomic E-state index is 12.2. The molecular weight excluding hydrogens is 262 g/mol. The van der Waals surface area contributed by atoms with E-state index in [9.17, 15) is 18.4 Å². The fourth-order valence-electron chi connectivity index (χ4n) is 1.45. The van der Waals surface area contributed by atoms with Crippen molar-refractivity contribution < 1.29 is 28.6 Å². The molecule has 6 nitrogen and oxygen atoms in total. The Kier molecular flexibility index (Phi) is 9.69. The standard InChI is InChI=1S/C11H20F2N2O4/c12-9(13)8-15(6-7-16)11(19)14-5-3-1-2-4-10(17)18/h9,16H,1-8H2,(H,14,19)(H,17,18). The molecule has 8 heteroatoms. The summed E-state index contributed by atoms with van der Waals surface area (Å²) in [5.41, 5.74) is 0. The number of nitrogens with one attached hydrogen (secondary N) is 1. The molecule has 0 radical (unpaired) electrons. The summed E-state index contributed by atoms with van der Waals surface area (Å²) >= 11 is 0. The predicted molar refractivity (Wildman–Crippen MR) is 64.2 cm³/mol. The highest BCUT2D eigenvalue weighted by Gasteiger charge is 2.16. The van der Waals surface area contributed by atoms with Crippen LogP contribution in [0.1, 0.15) is 25.7 Å². The average molecular weight is 282 g/mol. The SMILES string of the molecule is O=C(O)CCCCCNC(=O)N(CCO)CC(F)F. The average Bonchev–Trinajstić information content (AvgIpc) is 2.31. The number of halogens is 2. The van der Waals surface area contributed by atoms with E-state index >= 15 is 0 Å². The van der Waals surface area contributed by atoms with Crippen LogP contribution in [0.3, 0.4) is 0 Å². The second-order valence-electron chi connectivity index (χ2n) is 4.00. The fourth-order valence-corrected chi connectivity index (χ4v) is 1.45. The number of nitrogens with zero attached hydrogens (tertiary/aromatic N) is 1. The zero-order valence-corrected chi connectivity index (χ0v) is 10.6. The van der Waals surface area contributed by atoms with Gasteiger partial charge in [-0.3, -0.25) is 4.79 Å². The Bertz CT molecular complexity index is 277. The van der Waals surface area contributed by atoms with E-state index in [4.69, 9.17) is 10.2 Å². The Morgan fingerprint density at radius 3 is 2.42 bits per heavy atom. The lowest BCUT2D eigenvalue weighted by Crippen LogP contribution is -2.44. The summed E-state index contributed by atoms with van der Waals surface area (Å²) in [6, 6.07) is -0.646. The smallest absolute Gasteiger partial charge is 0.317 e. The molecule has 0 heterocycles. The van der Waals surface area contributed by atoms with Gasteiger partial charge in [-0.1, -0.05) is 6.42 Å². The molecule has 0 aromatic heterocycles. The Labute approximate surface area is 110 Å². The molecule has 0 fully saturated rings. The first-order valence-electron chi connectivity index (χ1n) is 6.11. The topological polar surface area (TPSA) is 89.9 Å². The second-order valence-corrected chi connectivity index (χ2v) is 4.00. The lowest BCUT2D eigenvalue weighted by Gasteiger charge is -2.21. The summed E-state index contributed by atoms with van der Waals surface area (Å²) < 4.78 is 24.3. The molecule has 19 heavy (non-hydrogen) atoms. The van der Waals surface area contributed by atoms with Gasteiger partial charge in [0, 0.05) is 19.5 Å². The van der Waals surface area contributed by atoms with Crippen LogP contribution in [-0.4, -0.2) is 59.8 Å². The van der Waals surface area contributed by atoms with Crippen LogP contribution >= 0.6 is 0 Å². The first kappa shape index (κ1) is 17.6. The van der Waals surface area contributed by atoms with E-state index in [0.717, 1.165) is 4.90 Å². The van der Waals surface area contributed by atoms with Crippen LogP contribution in [0, 0.1) is 0 Å². The minimum absolute atomic E-state index is 0.0793. The lowest BCUT2D eigenvalue weighted by molar-refractivity contribution is -0.137. The quantitative estimate of drug-likeness (QED) is 0.519.